The van der Waals surface area contributed by atoms with E-state index in [9.17, 15) is 44.7 Å². The molecule has 56 heavy (non-hydrogen) atoms. The number of aliphatic hydroxyl groups is 2. The molecule has 0 radical (unpaired) electrons. The van der Waals surface area contributed by atoms with E-state index < -0.39 is 71.7 Å². The number of aliphatic carboxylic acids is 3. The summed E-state index contributed by atoms with van der Waals surface area (Å²) in [5.74, 6) is -8.78. The molecule has 2 fully saturated rings. The van der Waals surface area contributed by atoms with Crippen LogP contribution in [-0.4, -0.2) is 104 Å². The summed E-state index contributed by atoms with van der Waals surface area (Å²) in [5, 5.41) is 54.0. The Balaban J connectivity index is 1.38. The average molecular weight is 785 g/mol. The van der Waals surface area contributed by atoms with Gasteiger partial charge in [-0.2, -0.15) is 0 Å². The van der Waals surface area contributed by atoms with Gasteiger partial charge in [0.2, 0.25) is 17.3 Å². The zero-order valence-electron chi connectivity index (χ0n) is 32.2. The third-order valence-electron chi connectivity index (χ3n) is 10.6. The van der Waals surface area contributed by atoms with Gasteiger partial charge in [-0.3, -0.25) is 4.79 Å². The number of hydrogen-bond acceptors (Lipinski definition) is 11. The summed E-state index contributed by atoms with van der Waals surface area (Å²) in [6, 6.07) is 19.1. The monoisotopic (exact) mass is 784 g/mol. The van der Waals surface area contributed by atoms with Gasteiger partial charge in [-0.25, -0.2) is 14.4 Å². The van der Waals surface area contributed by atoms with Crippen LogP contribution in [0.5, 0.6) is 5.75 Å². The standard InChI is InChI=1S/C42H56O14/c1-28(33(54-30(3)43)29(2)27-31-19-13-11-14-20-31)23-24-40-34(44)35(42(56-40,39(49)50)41(51,38(47)48)36(55-40)37(45)46)53-26-18-10-8-6-4-5-7-9-17-25-52-32-21-15-12-16-22-32/h11-16,19-22,29,33-36,44,51H,1,4-10,17-18,23-27H2,2-3H3,(H,45,46)(H,47,48)(H,49,50)/t29?,33?,34-,35-,36-,40-,41-,42-/m1/s1. The number of carbonyl (C=O) groups is 4. The van der Waals surface area contributed by atoms with Crippen LogP contribution in [0.4, 0.5) is 0 Å². The highest BCUT2D eigenvalue weighted by Gasteiger charge is 2.85. The first-order valence-electron chi connectivity index (χ1n) is 19.4. The van der Waals surface area contributed by atoms with Crippen molar-refractivity contribution in [2.45, 2.75) is 132 Å². The molecule has 14 heteroatoms. The fraction of sp³-hybridized carbons (Fsp3) is 0.571. The molecular formula is C42H56O14. The van der Waals surface area contributed by atoms with Gasteiger partial charge in [0, 0.05) is 25.9 Å². The maximum Gasteiger partial charge on any atom is 0.343 e. The lowest BCUT2D eigenvalue weighted by molar-refractivity contribution is -0.374. The Bertz CT molecular complexity index is 1620. The van der Waals surface area contributed by atoms with Gasteiger partial charge >= 0.3 is 23.9 Å². The highest BCUT2D eigenvalue weighted by atomic mass is 16.8. The summed E-state index contributed by atoms with van der Waals surface area (Å²) in [5.41, 5.74) is -5.71. The average Bonchev–Trinajstić information content (AvgIpc) is 3.38. The maximum absolute atomic E-state index is 13.1. The molecule has 0 aromatic heterocycles. The number of carboxylic acid groups (broad SMARTS) is 3. The minimum Gasteiger partial charge on any atom is -0.494 e. The Morgan fingerprint density at radius 2 is 1.38 bits per heavy atom. The van der Waals surface area contributed by atoms with Gasteiger partial charge in [0.1, 0.15) is 24.1 Å². The number of carbonyl (C=O) groups excluding carboxylic acids is 1. The minimum atomic E-state index is -3.72. The van der Waals surface area contributed by atoms with Crippen LogP contribution in [0.1, 0.15) is 90.0 Å². The van der Waals surface area contributed by atoms with Crippen molar-refractivity contribution in [3.05, 3.63) is 78.4 Å². The van der Waals surface area contributed by atoms with Crippen molar-refractivity contribution in [3.8, 4) is 5.75 Å². The Kier molecular flexibility index (Phi) is 16.0. The van der Waals surface area contributed by atoms with Gasteiger partial charge in [0.05, 0.1) is 6.61 Å². The largest absolute Gasteiger partial charge is 0.494 e. The van der Waals surface area contributed by atoms with Crippen molar-refractivity contribution in [1.29, 1.82) is 0 Å². The first kappa shape index (κ1) is 44.4. The number of esters is 1. The molecule has 8 atom stereocenters. The van der Waals surface area contributed by atoms with Crippen LogP contribution in [0.3, 0.4) is 0 Å². The summed E-state index contributed by atoms with van der Waals surface area (Å²) < 4.78 is 28.6. The number of hydrogen-bond donors (Lipinski definition) is 5. The molecule has 2 bridgehead atoms. The Hall–Kier alpha value is -4.34. The molecule has 0 aliphatic carbocycles. The van der Waals surface area contributed by atoms with Crippen molar-refractivity contribution in [2.24, 2.45) is 5.92 Å². The van der Waals surface area contributed by atoms with Gasteiger partial charge < -0.3 is 49.2 Å². The zero-order valence-corrected chi connectivity index (χ0v) is 32.2. The smallest absolute Gasteiger partial charge is 0.343 e. The number of ether oxygens (including phenoxy) is 5. The highest BCUT2D eigenvalue weighted by molar-refractivity contribution is 5.97. The predicted octanol–water partition coefficient (Wildman–Crippen LogP) is 5.32. The van der Waals surface area contributed by atoms with E-state index in [-0.39, 0.29) is 18.9 Å². The molecule has 2 aliphatic rings. The van der Waals surface area contributed by atoms with Gasteiger partial charge in [0.25, 0.3) is 0 Å². The number of benzene rings is 2. The lowest BCUT2D eigenvalue weighted by Gasteiger charge is -2.49. The molecule has 2 saturated heterocycles. The third-order valence-corrected chi connectivity index (χ3v) is 10.6. The first-order valence-corrected chi connectivity index (χ1v) is 19.4. The summed E-state index contributed by atoms with van der Waals surface area (Å²) in [6.45, 7) is 7.69. The minimum absolute atomic E-state index is 0.143. The number of para-hydroxylation sites is 1. The summed E-state index contributed by atoms with van der Waals surface area (Å²) in [7, 11) is 0. The molecule has 4 rings (SSSR count). The number of carboxylic acids is 3. The summed E-state index contributed by atoms with van der Waals surface area (Å²) >= 11 is 0. The number of fused-ring (bicyclic) bond motifs is 2. The van der Waals surface area contributed by atoms with E-state index in [1.165, 1.54) is 6.92 Å². The molecular weight excluding hydrogens is 728 g/mol. The van der Waals surface area contributed by atoms with E-state index in [1.807, 2.05) is 67.6 Å². The number of aliphatic hydroxyl groups excluding tert-OH is 1. The van der Waals surface area contributed by atoms with Crippen LogP contribution in [0.25, 0.3) is 0 Å². The Morgan fingerprint density at radius 1 is 0.821 bits per heavy atom. The molecule has 0 spiro atoms. The van der Waals surface area contributed by atoms with Crippen LogP contribution in [0, 0.1) is 5.92 Å². The molecule has 2 aromatic rings. The lowest BCUT2D eigenvalue weighted by atomic mass is 9.74. The van der Waals surface area contributed by atoms with Crippen LogP contribution in [0.2, 0.25) is 0 Å². The molecule has 0 saturated carbocycles. The van der Waals surface area contributed by atoms with Gasteiger partial charge in [-0.05, 0) is 49.0 Å². The van der Waals surface area contributed by atoms with Crippen LogP contribution in [-0.2, 0) is 44.5 Å². The first-order chi connectivity index (χ1) is 26.7. The van der Waals surface area contributed by atoms with Crippen LogP contribution >= 0.6 is 0 Å². The van der Waals surface area contributed by atoms with Crippen molar-refractivity contribution in [2.75, 3.05) is 13.2 Å². The van der Waals surface area contributed by atoms with Crippen molar-refractivity contribution in [1.82, 2.24) is 0 Å². The molecule has 308 valence electrons. The second-order valence-corrected chi connectivity index (χ2v) is 14.8. The fourth-order valence-corrected chi connectivity index (χ4v) is 7.72. The summed E-state index contributed by atoms with van der Waals surface area (Å²) in [6.07, 6.45) is 0.321. The van der Waals surface area contributed by atoms with E-state index in [0.29, 0.717) is 31.4 Å². The highest BCUT2D eigenvalue weighted by Crippen LogP contribution is 2.56. The molecule has 2 aromatic carbocycles. The van der Waals surface area contributed by atoms with Gasteiger partial charge in [0.15, 0.2) is 5.79 Å². The van der Waals surface area contributed by atoms with Crippen molar-refractivity contribution >= 4 is 23.9 Å². The fourth-order valence-electron chi connectivity index (χ4n) is 7.72. The Labute approximate surface area is 327 Å². The molecule has 0 amide bonds. The normalized spacial score (nSPS) is 26.5. The SMILES string of the molecule is C=C(CC[C@@]12O[C@H](C(=O)O)[C@@](O)(C(=O)O)[C@@](C(=O)O)(O1)[C@H](OCCCCCCCCCCCOc1ccccc1)[C@H]2O)C(OC(C)=O)C(C)Cc1ccccc1. The van der Waals surface area contributed by atoms with Crippen molar-refractivity contribution in [3.63, 3.8) is 0 Å². The second kappa shape index (κ2) is 20.2. The molecule has 2 heterocycles. The maximum atomic E-state index is 13.1. The molecule has 5 N–H and O–H groups in total. The van der Waals surface area contributed by atoms with Crippen LogP contribution in [0.15, 0.2) is 72.8 Å². The quantitative estimate of drug-likeness (QED) is 0.0490. The molecule has 2 unspecified atom stereocenters. The van der Waals surface area contributed by atoms with Crippen LogP contribution < -0.4 is 4.74 Å². The van der Waals surface area contributed by atoms with E-state index >= 15 is 0 Å². The summed E-state index contributed by atoms with van der Waals surface area (Å²) in [4.78, 5) is 50.3. The molecule has 14 nitrogen and oxygen atoms in total. The number of rotatable bonds is 25. The van der Waals surface area contributed by atoms with Crippen molar-refractivity contribution < 1.29 is 68.4 Å². The second-order valence-electron chi connectivity index (χ2n) is 14.8. The zero-order chi connectivity index (χ0) is 40.9. The predicted molar refractivity (Wildman–Crippen MR) is 202 cm³/mol. The van der Waals surface area contributed by atoms with E-state index in [1.54, 1.807) is 0 Å². The molecule has 2 aliphatic heterocycles. The van der Waals surface area contributed by atoms with E-state index in [4.69, 9.17) is 23.7 Å². The van der Waals surface area contributed by atoms with Gasteiger partial charge in [-0.15, -0.1) is 0 Å². The third kappa shape index (κ3) is 10.1. The van der Waals surface area contributed by atoms with E-state index in [2.05, 4.69) is 6.58 Å². The topological polar surface area (TPSA) is 216 Å². The van der Waals surface area contributed by atoms with Gasteiger partial charge in [-0.1, -0.05) is 107 Å². The number of unbranched alkanes of at least 4 members (excludes halogenated alkanes) is 8. The Morgan fingerprint density at radius 3 is 1.91 bits per heavy atom. The van der Waals surface area contributed by atoms with E-state index in [0.717, 1.165) is 56.3 Å². The lowest BCUT2D eigenvalue weighted by Crippen LogP contribution is -2.78.